The molecule has 0 aromatic carbocycles. The quantitative estimate of drug-likeness (QED) is 0.831. The molecule has 138 valence electrons. The van der Waals surface area contributed by atoms with E-state index in [1.165, 1.54) is 0 Å². The second-order valence-corrected chi connectivity index (χ2v) is 7.36. The first kappa shape index (κ1) is 17.8. The number of carbonyl (C=O) groups is 2. The summed E-state index contributed by atoms with van der Waals surface area (Å²) in [6.45, 7) is 8.34. The number of aryl methyl sites for hydroxylation is 1. The van der Waals surface area contributed by atoms with E-state index in [-0.39, 0.29) is 17.9 Å². The van der Waals surface area contributed by atoms with E-state index in [0.717, 1.165) is 38.9 Å². The van der Waals surface area contributed by atoms with E-state index in [1.54, 1.807) is 10.9 Å². The molecule has 1 aromatic rings. The highest BCUT2D eigenvalue weighted by molar-refractivity contribution is 5.92. The third-order valence-corrected chi connectivity index (χ3v) is 4.94. The van der Waals surface area contributed by atoms with Crippen molar-refractivity contribution in [2.75, 3.05) is 32.7 Å². The molecule has 8 nitrogen and oxygen atoms in total. The van der Waals surface area contributed by atoms with E-state index < -0.39 is 0 Å². The molecule has 1 N–H and O–H groups in total. The Labute approximate surface area is 148 Å². The van der Waals surface area contributed by atoms with Gasteiger partial charge in [0.1, 0.15) is 0 Å². The van der Waals surface area contributed by atoms with Gasteiger partial charge in [-0.2, -0.15) is 0 Å². The number of nitrogens with one attached hydrogen (secondary N) is 1. The van der Waals surface area contributed by atoms with Crippen LogP contribution in [0.4, 0.5) is 0 Å². The second kappa shape index (κ2) is 7.95. The fourth-order valence-electron chi connectivity index (χ4n) is 3.46. The molecular weight excluding hydrogens is 320 g/mol. The third-order valence-electron chi connectivity index (χ3n) is 4.94. The minimum atomic E-state index is -0.0805. The molecule has 25 heavy (non-hydrogen) atoms. The Morgan fingerprint density at radius 2 is 2.24 bits per heavy atom. The Morgan fingerprint density at radius 1 is 1.40 bits per heavy atom. The fraction of sp³-hybridized carbons (Fsp3) is 0.765. The van der Waals surface area contributed by atoms with E-state index >= 15 is 0 Å². The molecule has 0 saturated carbocycles. The summed E-state index contributed by atoms with van der Waals surface area (Å²) in [6, 6.07) is 0.114. The van der Waals surface area contributed by atoms with Gasteiger partial charge in [-0.25, -0.2) is 0 Å². The predicted octanol–water partition coefficient (Wildman–Crippen LogP) is 0.361. The van der Waals surface area contributed by atoms with Gasteiger partial charge >= 0.3 is 0 Å². The summed E-state index contributed by atoms with van der Waals surface area (Å²) in [6.07, 6.45) is 4.61. The van der Waals surface area contributed by atoms with E-state index in [1.807, 2.05) is 9.80 Å². The normalized spacial score (nSPS) is 21.9. The van der Waals surface area contributed by atoms with E-state index in [2.05, 4.69) is 29.5 Å². The molecule has 2 aliphatic rings. The van der Waals surface area contributed by atoms with Gasteiger partial charge < -0.3 is 15.1 Å². The molecule has 0 radical (unpaired) electrons. The highest BCUT2D eigenvalue weighted by atomic mass is 16.2. The Kier molecular flexibility index (Phi) is 5.67. The maximum absolute atomic E-state index is 12.8. The zero-order chi connectivity index (χ0) is 17.8. The molecule has 3 heterocycles. The van der Waals surface area contributed by atoms with Crippen molar-refractivity contribution in [3.05, 3.63) is 11.9 Å². The van der Waals surface area contributed by atoms with Gasteiger partial charge in [-0.05, 0) is 25.2 Å². The topological polar surface area (TPSA) is 83.4 Å². The van der Waals surface area contributed by atoms with Gasteiger partial charge in [0.2, 0.25) is 5.91 Å². The minimum Gasteiger partial charge on any atom is -0.336 e. The van der Waals surface area contributed by atoms with Crippen molar-refractivity contribution < 1.29 is 9.59 Å². The van der Waals surface area contributed by atoms with Gasteiger partial charge in [-0.15, -0.1) is 5.10 Å². The van der Waals surface area contributed by atoms with Crippen LogP contribution in [0.3, 0.4) is 0 Å². The number of piperazine rings is 1. The molecule has 2 aliphatic heterocycles. The van der Waals surface area contributed by atoms with Crippen LogP contribution in [0.2, 0.25) is 0 Å². The standard InChI is InChI=1S/C17H28N6O2/c1-13(2)5-8-22-12-15(19-20-22)17(25)21-7-3-4-14(11-21)23-9-6-18-10-16(23)24/h12-14,18H,3-11H2,1-2H3. The van der Waals surface area contributed by atoms with Gasteiger partial charge in [-0.1, -0.05) is 19.1 Å². The summed E-state index contributed by atoms with van der Waals surface area (Å²) in [4.78, 5) is 28.6. The lowest BCUT2D eigenvalue weighted by atomic mass is 10.0. The van der Waals surface area contributed by atoms with Crippen molar-refractivity contribution >= 4 is 11.8 Å². The van der Waals surface area contributed by atoms with Gasteiger partial charge in [0.05, 0.1) is 12.7 Å². The summed E-state index contributed by atoms with van der Waals surface area (Å²) < 4.78 is 1.74. The first-order valence-corrected chi connectivity index (χ1v) is 9.24. The first-order chi connectivity index (χ1) is 12.0. The van der Waals surface area contributed by atoms with Gasteiger partial charge in [0, 0.05) is 38.8 Å². The van der Waals surface area contributed by atoms with Gasteiger partial charge in [0.15, 0.2) is 5.69 Å². The molecule has 0 spiro atoms. The van der Waals surface area contributed by atoms with Crippen LogP contribution in [-0.2, 0) is 11.3 Å². The van der Waals surface area contributed by atoms with Crippen LogP contribution < -0.4 is 5.32 Å². The molecule has 2 saturated heterocycles. The Bertz CT molecular complexity index is 614. The molecular formula is C17H28N6O2. The lowest BCUT2D eigenvalue weighted by molar-refractivity contribution is -0.135. The number of piperidine rings is 1. The van der Waals surface area contributed by atoms with Crippen LogP contribution in [-0.4, -0.2) is 75.4 Å². The van der Waals surface area contributed by atoms with Crippen LogP contribution in [0.15, 0.2) is 6.20 Å². The average Bonchev–Trinajstić information content (AvgIpc) is 3.09. The van der Waals surface area contributed by atoms with Crippen LogP contribution in [0.25, 0.3) is 0 Å². The van der Waals surface area contributed by atoms with Crippen molar-refractivity contribution in [1.82, 2.24) is 30.1 Å². The molecule has 1 aromatic heterocycles. The number of aromatic nitrogens is 3. The number of likely N-dealkylation sites (tertiary alicyclic amines) is 1. The van der Waals surface area contributed by atoms with Crippen LogP contribution >= 0.6 is 0 Å². The molecule has 0 aliphatic carbocycles. The second-order valence-electron chi connectivity index (χ2n) is 7.36. The number of carbonyl (C=O) groups excluding carboxylic acids is 2. The predicted molar refractivity (Wildman–Crippen MR) is 93.0 cm³/mol. The fourth-order valence-corrected chi connectivity index (χ4v) is 3.46. The molecule has 1 unspecified atom stereocenters. The molecule has 8 heteroatoms. The number of rotatable bonds is 5. The molecule has 2 fully saturated rings. The maximum atomic E-state index is 12.8. The number of nitrogens with zero attached hydrogens (tertiary/aromatic N) is 5. The molecule has 2 amide bonds. The lowest BCUT2D eigenvalue weighted by Crippen LogP contribution is -2.57. The number of amides is 2. The van der Waals surface area contributed by atoms with Crippen molar-refractivity contribution in [1.29, 1.82) is 0 Å². The van der Waals surface area contributed by atoms with Crippen LogP contribution in [0.1, 0.15) is 43.6 Å². The first-order valence-electron chi connectivity index (χ1n) is 9.24. The van der Waals surface area contributed by atoms with Crippen molar-refractivity contribution in [2.45, 2.75) is 45.7 Å². The van der Waals surface area contributed by atoms with Crippen LogP contribution in [0, 0.1) is 5.92 Å². The molecule has 3 rings (SSSR count). The Hall–Kier alpha value is -1.96. The zero-order valence-electron chi connectivity index (χ0n) is 15.1. The largest absolute Gasteiger partial charge is 0.336 e. The third kappa shape index (κ3) is 4.36. The smallest absolute Gasteiger partial charge is 0.276 e. The van der Waals surface area contributed by atoms with E-state index in [0.29, 0.717) is 31.2 Å². The monoisotopic (exact) mass is 348 g/mol. The van der Waals surface area contributed by atoms with Gasteiger partial charge in [-0.3, -0.25) is 14.3 Å². The SMILES string of the molecule is CC(C)CCn1cc(C(=O)N2CCCC(N3CCNCC3=O)C2)nn1. The lowest BCUT2D eigenvalue weighted by Gasteiger charge is -2.40. The molecule has 0 bridgehead atoms. The average molecular weight is 348 g/mol. The summed E-state index contributed by atoms with van der Waals surface area (Å²) in [5.74, 6) is 0.635. The van der Waals surface area contributed by atoms with Crippen molar-refractivity contribution in [2.24, 2.45) is 5.92 Å². The minimum absolute atomic E-state index is 0.0805. The number of hydrogen-bond donors (Lipinski definition) is 1. The Morgan fingerprint density at radius 3 is 3.00 bits per heavy atom. The summed E-state index contributed by atoms with van der Waals surface area (Å²) in [7, 11) is 0. The molecule has 1 atom stereocenters. The van der Waals surface area contributed by atoms with Crippen molar-refractivity contribution in [3.63, 3.8) is 0 Å². The number of hydrogen-bond acceptors (Lipinski definition) is 5. The Balaban J connectivity index is 1.61. The zero-order valence-corrected chi connectivity index (χ0v) is 15.1. The van der Waals surface area contributed by atoms with Gasteiger partial charge in [0.25, 0.3) is 5.91 Å². The summed E-state index contributed by atoms with van der Waals surface area (Å²) in [5, 5.41) is 11.2. The van der Waals surface area contributed by atoms with Crippen molar-refractivity contribution in [3.8, 4) is 0 Å². The highest BCUT2D eigenvalue weighted by Gasteiger charge is 2.32. The van der Waals surface area contributed by atoms with E-state index in [4.69, 9.17) is 0 Å². The highest BCUT2D eigenvalue weighted by Crippen LogP contribution is 2.18. The van der Waals surface area contributed by atoms with Crippen LogP contribution in [0.5, 0.6) is 0 Å². The van der Waals surface area contributed by atoms with E-state index in [9.17, 15) is 9.59 Å². The maximum Gasteiger partial charge on any atom is 0.276 e. The summed E-state index contributed by atoms with van der Waals surface area (Å²) >= 11 is 0. The summed E-state index contributed by atoms with van der Waals surface area (Å²) in [5.41, 5.74) is 0.399.